The van der Waals surface area contributed by atoms with Crippen molar-refractivity contribution in [3.8, 4) is 0 Å². The molecule has 19 heavy (non-hydrogen) atoms. The second-order valence-electron chi connectivity index (χ2n) is 4.26. The quantitative estimate of drug-likeness (QED) is 0.737. The summed E-state index contributed by atoms with van der Waals surface area (Å²) < 4.78 is 6.41. The van der Waals surface area contributed by atoms with Crippen LogP contribution < -0.4 is 0 Å². The Balaban J connectivity index is 1.89. The lowest BCUT2D eigenvalue weighted by atomic mass is 10.3. The van der Waals surface area contributed by atoms with Gasteiger partial charge in [0.15, 0.2) is 5.69 Å². The fraction of sp³-hybridized carbons (Fsp3) is 0.636. The molecule has 1 aromatic rings. The van der Waals surface area contributed by atoms with Crippen LogP contribution in [0.25, 0.3) is 0 Å². The molecule has 0 aromatic carbocycles. The summed E-state index contributed by atoms with van der Waals surface area (Å²) in [6.45, 7) is 4.04. The van der Waals surface area contributed by atoms with Gasteiger partial charge in [-0.1, -0.05) is 5.21 Å². The predicted octanol–water partition coefficient (Wildman–Crippen LogP) is -0.271. The highest BCUT2D eigenvalue weighted by atomic mass is 16.6. The molecule has 0 aliphatic carbocycles. The third-order valence-corrected chi connectivity index (χ3v) is 2.91. The molecule has 0 atom stereocenters. The van der Waals surface area contributed by atoms with E-state index in [9.17, 15) is 9.59 Å². The number of amides is 2. The van der Waals surface area contributed by atoms with Gasteiger partial charge in [0.2, 0.25) is 0 Å². The number of carbonyl (C=O) groups is 2. The number of hydrogen-bond donors (Lipinski definition) is 0. The minimum absolute atomic E-state index is 0.156. The fourth-order valence-electron chi connectivity index (χ4n) is 1.91. The second-order valence-corrected chi connectivity index (χ2v) is 4.26. The van der Waals surface area contributed by atoms with E-state index in [1.807, 2.05) is 0 Å². The van der Waals surface area contributed by atoms with E-state index in [2.05, 4.69) is 10.3 Å². The van der Waals surface area contributed by atoms with E-state index < -0.39 is 0 Å². The molecule has 1 aliphatic heterocycles. The van der Waals surface area contributed by atoms with Crippen molar-refractivity contribution in [2.75, 3.05) is 32.8 Å². The van der Waals surface area contributed by atoms with E-state index in [1.165, 1.54) is 4.68 Å². The molecule has 2 amide bonds. The average Bonchev–Trinajstić information content (AvgIpc) is 2.85. The van der Waals surface area contributed by atoms with Gasteiger partial charge in [0.1, 0.15) is 0 Å². The first-order valence-corrected chi connectivity index (χ1v) is 6.19. The Hall–Kier alpha value is -2.12. The van der Waals surface area contributed by atoms with Crippen molar-refractivity contribution in [1.82, 2.24) is 24.8 Å². The zero-order chi connectivity index (χ0) is 13.8. The maximum absolute atomic E-state index is 12.1. The molecule has 104 valence electrons. The Labute approximate surface area is 110 Å². The number of aryl methyl sites for hydroxylation is 1. The standard InChI is InChI=1S/C11H17N5O3/c1-3-19-11(18)16-6-4-15(5-7-16)10(17)9-8-14(2)13-12-9/h8H,3-7H2,1-2H3. The number of hydrogen-bond acceptors (Lipinski definition) is 5. The van der Waals surface area contributed by atoms with E-state index in [0.29, 0.717) is 38.5 Å². The van der Waals surface area contributed by atoms with Gasteiger partial charge in [0.05, 0.1) is 12.8 Å². The lowest BCUT2D eigenvalue weighted by molar-refractivity contribution is 0.0566. The van der Waals surface area contributed by atoms with E-state index in [0.717, 1.165) is 0 Å². The number of ether oxygens (including phenoxy) is 1. The maximum atomic E-state index is 12.1. The molecule has 8 nitrogen and oxygen atoms in total. The monoisotopic (exact) mass is 267 g/mol. The normalized spacial score (nSPS) is 15.5. The topological polar surface area (TPSA) is 80.6 Å². The molecule has 2 heterocycles. The maximum Gasteiger partial charge on any atom is 0.409 e. The molecule has 0 bridgehead atoms. The summed E-state index contributed by atoms with van der Waals surface area (Å²) in [5.74, 6) is -0.156. The SMILES string of the molecule is CCOC(=O)N1CCN(C(=O)c2cn(C)nn2)CC1. The molecule has 0 unspecified atom stereocenters. The molecule has 0 spiro atoms. The Morgan fingerprint density at radius 1 is 1.26 bits per heavy atom. The van der Waals surface area contributed by atoms with Crippen LogP contribution in [-0.4, -0.2) is 69.6 Å². The molecule has 1 fully saturated rings. The first kappa shape index (κ1) is 13.3. The molecule has 0 radical (unpaired) electrons. The molecule has 1 saturated heterocycles. The Morgan fingerprint density at radius 3 is 2.42 bits per heavy atom. The van der Waals surface area contributed by atoms with Crippen LogP contribution in [0.2, 0.25) is 0 Å². The van der Waals surface area contributed by atoms with Crippen LogP contribution in [-0.2, 0) is 11.8 Å². The van der Waals surface area contributed by atoms with Gasteiger partial charge in [0.25, 0.3) is 5.91 Å². The van der Waals surface area contributed by atoms with Crippen LogP contribution in [0.5, 0.6) is 0 Å². The van der Waals surface area contributed by atoms with Crippen LogP contribution in [0.3, 0.4) is 0 Å². The number of rotatable bonds is 2. The van der Waals surface area contributed by atoms with E-state index in [1.54, 1.807) is 30.0 Å². The van der Waals surface area contributed by atoms with Crippen molar-refractivity contribution in [1.29, 1.82) is 0 Å². The third kappa shape index (κ3) is 3.01. The number of aromatic nitrogens is 3. The van der Waals surface area contributed by atoms with Crippen LogP contribution in [0, 0.1) is 0 Å². The van der Waals surface area contributed by atoms with Gasteiger partial charge in [-0.25, -0.2) is 4.79 Å². The van der Waals surface area contributed by atoms with Crippen LogP contribution in [0.4, 0.5) is 4.79 Å². The largest absolute Gasteiger partial charge is 0.450 e. The number of piperazine rings is 1. The van der Waals surface area contributed by atoms with Gasteiger partial charge in [-0.05, 0) is 6.92 Å². The summed E-state index contributed by atoms with van der Waals surface area (Å²) in [4.78, 5) is 26.9. The van der Waals surface area contributed by atoms with Crippen LogP contribution >= 0.6 is 0 Å². The summed E-state index contributed by atoms with van der Waals surface area (Å²) >= 11 is 0. The van der Waals surface area contributed by atoms with Gasteiger partial charge < -0.3 is 14.5 Å². The molecule has 8 heteroatoms. The van der Waals surface area contributed by atoms with Crippen molar-refractivity contribution in [3.05, 3.63) is 11.9 Å². The Bertz CT molecular complexity index is 465. The minimum Gasteiger partial charge on any atom is -0.450 e. The molecule has 0 saturated carbocycles. The second kappa shape index (κ2) is 5.68. The first-order chi connectivity index (χ1) is 9.11. The highest BCUT2D eigenvalue weighted by Gasteiger charge is 2.26. The summed E-state index contributed by atoms with van der Waals surface area (Å²) in [5.41, 5.74) is 0.326. The van der Waals surface area contributed by atoms with Gasteiger partial charge in [0, 0.05) is 33.2 Å². The van der Waals surface area contributed by atoms with Gasteiger partial charge in [-0.2, -0.15) is 0 Å². The minimum atomic E-state index is -0.325. The van der Waals surface area contributed by atoms with Crippen LogP contribution in [0.15, 0.2) is 6.20 Å². The smallest absolute Gasteiger partial charge is 0.409 e. The van der Waals surface area contributed by atoms with Crippen molar-refractivity contribution < 1.29 is 14.3 Å². The van der Waals surface area contributed by atoms with Gasteiger partial charge in [-0.15, -0.1) is 5.10 Å². The zero-order valence-electron chi connectivity index (χ0n) is 11.1. The van der Waals surface area contributed by atoms with Gasteiger partial charge >= 0.3 is 6.09 Å². The van der Waals surface area contributed by atoms with Crippen molar-refractivity contribution in [2.24, 2.45) is 7.05 Å². The van der Waals surface area contributed by atoms with Gasteiger partial charge in [-0.3, -0.25) is 9.48 Å². The summed E-state index contributed by atoms with van der Waals surface area (Å²) in [7, 11) is 1.71. The van der Waals surface area contributed by atoms with E-state index >= 15 is 0 Å². The highest BCUT2D eigenvalue weighted by molar-refractivity contribution is 5.92. The first-order valence-electron chi connectivity index (χ1n) is 6.19. The molecule has 2 rings (SSSR count). The molecular formula is C11H17N5O3. The van der Waals surface area contributed by atoms with E-state index in [-0.39, 0.29) is 12.0 Å². The molecular weight excluding hydrogens is 250 g/mol. The third-order valence-electron chi connectivity index (χ3n) is 2.91. The Morgan fingerprint density at radius 2 is 1.89 bits per heavy atom. The number of nitrogens with zero attached hydrogens (tertiary/aromatic N) is 5. The van der Waals surface area contributed by atoms with E-state index in [4.69, 9.17) is 4.74 Å². The summed E-state index contributed by atoms with van der Waals surface area (Å²) in [5, 5.41) is 7.53. The van der Waals surface area contributed by atoms with Crippen molar-refractivity contribution in [2.45, 2.75) is 6.92 Å². The summed E-state index contributed by atoms with van der Waals surface area (Å²) in [6, 6.07) is 0. The number of carbonyl (C=O) groups excluding carboxylic acids is 2. The zero-order valence-corrected chi connectivity index (χ0v) is 11.1. The van der Waals surface area contributed by atoms with Crippen molar-refractivity contribution >= 4 is 12.0 Å². The van der Waals surface area contributed by atoms with Crippen molar-refractivity contribution in [3.63, 3.8) is 0 Å². The molecule has 0 N–H and O–H groups in total. The fourth-order valence-corrected chi connectivity index (χ4v) is 1.91. The molecule has 1 aliphatic rings. The highest BCUT2D eigenvalue weighted by Crippen LogP contribution is 2.07. The predicted molar refractivity (Wildman–Crippen MR) is 65.5 cm³/mol. The Kier molecular flexibility index (Phi) is 3.98. The average molecular weight is 267 g/mol. The molecule has 1 aromatic heterocycles. The lowest BCUT2D eigenvalue weighted by Crippen LogP contribution is -2.50. The lowest BCUT2D eigenvalue weighted by Gasteiger charge is -2.33. The summed E-state index contributed by atoms with van der Waals surface area (Å²) in [6.07, 6.45) is 1.26. The van der Waals surface area contributed by atoms with Crippen LogP contribution in [0.1, 0.15) is 17.4 Å².